The quantitative estimate of drug-likeness (QED) is 0.129. The van der Waals surface area contributed by atoms with Gasteiger partial charge in [-0.05, 0) is 99.9 Å². The van der Waals surface area contributed by atoms with E-state index in [0.29, 0.717) is 15.3 Å². The number of pyridine rings is 1. The number of aliphatic imine (C=N–C) groups is 1. The lowest BCUT2D eigenvalue weighted by atomic mass is 9.95. The van der Waals surface area contributed by atoms with Gasteiger partial charge in [0.15, 0.2) is 0 Å². The Labute approximate surface area is 254 Å². The molecule has 0 fully saturated rings. The van der Waals surface area contributed by atoms with Crippen LogP contribution in [0, 0.1) is 66.7 Å². The molecule has 0 spiro atoms. The number of hydrogen-bond acceptors (Lipinski definition) is 7. The van der Waals surface area contributed by atoms with Crippen molar-refractivity contribution in [3.05, 3.63) is 71.4 Å². The largest absolute Gasteiger partial charge is 0.465 e. The van der Waals surface area contributed by atoms with Crippen LogP contribution in [0.5, 0.6) is 0 Å². The molecule has 0 aliphatic rings. The molecule has 3 heterocycles. The Bertz CT molecular complexity index is 2040. The zero-order valence-corrected chi connectivity index (χ0v) is 27.7. The first-order chi connectivity index (χ1) is 19.8. The molecule has 0 unspecified atom stereocenters. The molecule has 0 saturated heterocycles. The fraction of sp³-hybridized carbons (Fsp3) is 0.333. The van der Waals surface area contributed by atoms with Crippen molar-refractivity contribution in [3.8, 4) is 6.07 Å². The van der Waals surface area contributed by atoms with Gasteiger partial charge in [0.2, 0.25) is 5.43 Å². The molecule has 1 N–H and O–H groups in total. The molecule has 0 atom stereocenters. The van der Waals surface area contributed by atoms with E-state index in [9.17, 15) is 9.59 Å². The maximum absolute atomic E-state index is 12.3. The minimum atomic E-state index is -0.332. The monoisotopic (exact) mass is 600 g/mol. The number of nitrogens with zero attached hydrogens (tertiary/aromatic N) is 3. The minimum Gasteiger partial charge on any atom is -0.465 e. The molecule has 5 aromatic rings. The van der Waals surface area contributed by atoms with Crippen LogP contribution in [0.2, 0.25) is 0 Å². The fourth-order valence-electron chi connectivity index (χ4n) is 5.17. The predicted molar refractivity (Wildman–Crippen MR) is 178 cm³/mol. The molecule has 218 valence electrons. The number of ether oxygens (including phenoxy) is 1. The van der Waals surface area contributed by atoms with Crippen LogP contribution in [0.15, 0.2) is 16.0 Å². The van der Waals surface area contributed by atoms with Crippen LogP contribution in [-0.4, -0.2) is 43.4 Å². The highest BCUT2D eigenvalue weighted by Crippen LogP contribution is 2.44. The smallest absolute Gasteiger partial charge is 0.350 e. The summed E-state index contributed by atoms with van der Waals surface area (Å²) >= 11 is 2.95. The van der Waals surface area contributed by atoms with Gasteiger partial charge >= 0.3 is 5.97 Å². The number of nitriles is 1. The summed E-state index contributed by atoms with van der Waals surface area (Å²) in [5, 5.41) is 11.2. The Morgan fingerprint density at radius 1 is 0.857 bits per heavy atom. The lowest BCUT2D eigenvalue weighted by Crippen LogP contribution is -2.07. The number of thiophene rings is 2. The van der Waals surface area contributed by atoms with Crippen LogP contribution in [0.4, 0.5) is 5.69 Å². The predicted octanol–water partition coefficient (Wildman–Crippen LogP) is 7.99. The van der Waals surface area contributed by atoms with Crippen LogP contribution in [-0.2, 0) is 4.74 Å². The molecule has 0 amide bonds. The lowest BCUT2D eigenvalue weighted by Gasteiger charge is -2.11. The van der Waals surface area contributed by atoms with E-state index in [0.717, 1.165) is 25.7 Å². The molecule has 0 saturated carbocycles. The fourth-order valence-corrected chi connectivity index (χ4v) is 7.78. The molecule has 7 nitrogen and oxygen atoms in total. The van der Waals surface area contributed by atoms with Crippen molar-refractivity contribution in [3.63, 3.8) is 0 Å². The molecule has 0 radical (unpaired) electrons. The zero-order chi connectivity index (χ0) is 31.2. The van der Waals surface area contributed by atoms with Gasteiger partial charge in [-0.3, -0.25) is 4.79 Å². The standard InChI is InChI=1S/C17H22N2O2S.C16H14N2OS/c1-9-10(2)12(4)15-13(11(9)3)14(18-8-19(5)6)16(22-15)17(20)21-7;1-7-8(2)10(4)15-12(9(7)3)13-16(20-15)14(19)11(5-17)6-18-13/h8H,1-7H3;6H,1-4H3,(H,18,19). The molecule has 0 aliphatic heterocycles. The zero-order valence-electron chi connectivity index (χ0n) is 26.0. The SMILES string of the molecule is COC(=O)c1sc2c(C)c(C)c(C)c(C)c2c1N=CN(C)C.Cc1c(C)c(C)c2c(sc3c(=O)c(C#N)c[nH]c32)c1C. The first-order valence-corrected chi connectivity index (χ1v) is 15.2. The second kappa shape index (κ2) is 11.7. The Morgan fingerprint density at radius 2 is 1.38 bits per heavy atom. The van der Waals surface area contributed by atoms with Crippen molar-refractivity contribution in [2.24, 2.45) is 4.99 Å². The third-order valence-electron chi connectivity index (χ3n) is 8.32. The van der Waals surface area contributed by atoms with Crippen molar-refractivity contribution in [1.82, 2.24) is 9.88 Å². The number of esters is 1. The summed E-state index contributed by atoms with van der Waals surface area (Å²) in [4.78, 5) is 34.5. The summed E-state index contributed by atoms with van der Waals surface area (Å²) < 4.78 is 7.85. The molecule has 42 heavy (non-hydrogen) atoms. The van der Waals surface area contributed by atoms with E-state index in [4.69, 9.17) is 10.00 Å². The van der Waals surface area contributed by atoms with E-state index >= 15 is 0 Å². The van der Waals surface area contributed by atoms with Crippen molar-refractivity contribution in [2.75, 3.05) is 21.2 Å². The Hall–Kier alpha value is -4.00. The third kappa shape index (κ3) is 4.99. The summed E-state index contributed by atoms with van der Waals surface area (Å²) in [5.74, 6) is -0.332. The van der Waals surface area contributed by atoms with Crippen LogP contribution >= 0.6 is 22.7 Å². The average Bonchev–Trinajstić information content (AvgIpc) is 3.56. The van der Waals surface area contributed by atoms with E-state index < -0.39 is 0 Å². The van der Waals surface area contributed by atoms with E-state index in [1.807, 2.05) is 25.1 Å². The number of nitrogens with one attached hydrogen (secondary N) is 1. The normalized spacial score (nSPS) is 11.3. The number of hydrogen-bond donors (Lipinski definition) is 1. The molecular formula is C33H36N4O3S2. The second-order valence-electron chi connectivity index (χ2n) is 10.8. The molecule has 2 aromatic carbocycles. The third-order valence-corrected chi connectivity index (χ3v) is 10.9. The first kappa shape index (κ1) is 30.9. The summed E-state index contributed by atoms with van der Waals surface area (Å²) in [6, 6.07) is 1.95. The molecule has 0 bridgehead atoms. The summed E-state index contributed by atoms with van der Waals surface area (Å²) in [7, 11) is 5.22. The van der Waals surface area contributed by atoms with Gasteiger partial charge in [0.05, 0.1) is 24.7 Å². The van der Waals surface area contributed by atoms with Gasteiger partial charge in [-0.2, -0.15) is 5.26 Å². The minimum absolute atomic E-state index is 0.170. The number of aromatic amines is 1. The van der Waals surface area contributed by atoms with Crippen molar-refractivity contribution in [1.29, 1.82) is 5.26 Å². The highest BCUT2D eigenvalue weighted by Gasteiger charge is 2.23. The topological polar surface area (TPSA) is 98.5 Å². The number of fused-ring (bicyclic) bond motifs is 4. The lowest BCUT2D eigenvalue weighted by molar-refractivity contribution is 0.0607. The summed E-state index contributed by atoms with van der Waals surface area (Å²) in [5.41, 5.74) is 11.4. The van der Waals surface area contributed by atoms with E-state index in [1.54, 1.807) is 6.34 Å². The van der Waals surface area contributed by atoms with E-state index in [1.165, 1.54) is 80.5 Å². The van der Waals surface area contributed by atoms with Gasteiger partial charge < -0.3 is 14.6 Å². The van der Waals surface area contributed by atoms with Gasteiger partial charge in [0.1, 0.15) is 21.2 Å². The Morgan fingerprint density at radius 3 is 1.90 bits per heavy atom. The number of aryl methyl sites for hydroxylation is 4. The molecule has 0 aliphatic carbocycles. The number of H-pyrrole nitrogens is 1. The van der Waals surface area contributed by atoms with Crippen molar-refractivity contribution < 1.29 is 9.53 Å². The van der Waals surface area contributed by atoms with Crippen LogP contribution in [0.3, 0.4) is 0 Å². The molecular weight excluding hydrogens is 565 g/mol. The van der Waals surface area contributed by atoms with Crippen molar-refractivity contribution in [2.45, 2.75) is 55.4 Å². The van der Waals surface area contributed by atoms with Crippen LogP contribution in [0.25, 0.3) is 30.4 Å². The number of benzene rings is 2. The van der Waals surface area contributed by atoms with Crippen LogP contribution in [0.1, 0.15) is 59.7 Å². The Balaban J connectivity index is 0.000000193. The maximum atomic E-state index is 12.3. The average molecular weight is 601 g/mol. The van der Waals surface area contributed by atoms with Gasteiger partial charge in [0.25, 0.3) is 0 Å². The van der Waals surface area contributed by atoms with Gasteiger partial charge in [-0.25, -0.2) is 9.79 Å². The van der Waals surface area contributed by atoms with Crippen molar-refractivity contribution >= 4 is 71.1 Å². The number of rotatable bonds is 3. The Kier molecular flexibility index (Phi) is 8.63. The molecule has 9 heteroatoms. The van der Waals surface area contributed by atoms with E-state index in [2.05, 4.69) is 65.4 Å². The molecule has 3 aromatic heterocycles. The summed E-state index contributed by atoms with van der Waals surface area (Å²) in [6.07, 6.45) is 3.23. The maximum Gasteiger partial charge on any atom is 0.350 e. The number of methoxy groups -OCH3 is 1. The number of aromatic nitrogens is 1. The second-order valence-corrected chi connectivity index (χ2v) is 12.9. The van der Waals surface area contributed by atoms with Gasteiger partial charge in [0, 0.05) is 40.5 Å². The van der Waals surface area contributed by atoms with Gasteiger partial charge in [-0.15, -0.1) is 22.7 Å². The highest BCUT2D eigenvalue weighted by atomic mass is 32.1. The summed E-state index contributed by atoms with van der Waals surface area (Å²) in [6.45, 7) is 16.8. The molecule has 5 rings (SSSR count). The number of carbonyl (C=O) groups is 1. The van der Waals surface area contributed by atoms with Crippen LogP contribution < -0.4 is 5.43 Å². The van der Waals surface area contributed by atoms with Gasteiger partial charge in [-0.1, -0.05) is 0 Å². The number of carbonyl (C=O) groups excluding carboxylic acids is 1. The van der Waals surface area contributed by atoms with E-state index in [-0.39, 0.29) is 17.0 Å². The first-order valence-electron chi connectivity index (χ1n) is 13.5. The highest BCUT2D eigenvalue weighted by molar-refractivity contribution is 7.26.